The quantitative estimate of drug-likeness (QED) is 0.753. The van der Waals surface area contributed by atoms with E-state index in [1.807, 2.05) is 30.3 Å². The van der Waals surface area contributed by atoms with Gasteiger partial charge in [-0.05, 0) is 30.4 Å². The fourth-order valence-electron chi connectivity index (χ4n) is 3.84. The lowest BCUT2D eigenvalue weighted by Crippen LogP contribution is -2.16. The number of nitrogen functional groups attached to an aromatic ring is 1. The van der Waals surface area contributed by atoms with E-state index in [4.69, 9.17) is 15.5 Å². The molecule has 2 heterocycles. The van der Waals surface area contributed by atoms with Crippen LogP contribution in [0, 0.1) is 5.82 Å². The van der Waals surface area contributed by atoms with E-state index < -0.39 is 0 Å². The second kappa shape index (κ2) is 5.84. The first kappa shape index (κ1) is 15.9. The number of ether oxygens (including phenoxy) is 1. The van der Waals surface area contributed by atoms with Gasteiger partial charge in [0.05, 0.1) is 24.9 Å². The van der Waals surface area contributed by atoms with Crippen LogP contribution in [0.1, 0.15) is 11.3 Å². The van der Waals surface area contributed by atoms with Gasteiger partial charge in [-0.1, -0.05) is 24.3 Å². The van der Waals surface area contributed by atoms with E-state index in [1.54, 1.807) is 13.2 Å². The smallest absolute Gasteiger partial charge is 0.133 e. The van der Waals surface area contributed by atoms with Crippen LogP contribution in [0.4, 0.5) is 10.1 Å². The number of benzene rings is 2. The van der Waals surface area contributed by atoms with Crippen molar-refractivity contribution in [2.24, 2.45) is 0 Å². The molecule has 0 spiro atoms. The van der Waals surface area contributed by atoms with Crippen molar-refractivity contribution in [1.82, 2.24) is 9.88 Å². The maximum absolute atomic E-state index is 14.9. The Bertz CT molecular complexity index is 1150. The molecule has 27 heavy (non-hydrogen) atoms. The molecular formula is C22H18FN3O. The first-order valence-corrected chi connectivity index (χ1v) is 8.83. The van der Waals surface area contributed by atoms with E-state index in [9.17, 15) is 4.39 Å². The molecule has 2 aromatic carbocycles. The third-order valence-corrected chi connectivity index (χ3v) is 5.30. The van der Waals surface area contributed by atoms with E-state index in [-0.39, 0.29) is 5.82 Å². The number of para-hydroxylation sites is 1. The SMILES string of the molecule is COc1ccccc1-c1c(F)ccc2c(N)c3c(nc12)CN(C1=CC=C1)C3. The van der Waals surface area contributed by atoms with Crippen LogP contribution in [-0.4, -0.2) is 17.0 Å². The number of hydrogen-bond donors (Lipinski definition) is 1. The van der Waals surface area contributed by atoms with E-state index in [0.29, 0.717) is 34.6 Å². The average Bonchev–Trinajstić information content (AvgIpc) is 3.04. The van der Waals surface area contributed by atoms with Gasteiger partial charge in [0.1, 0.15) is 11.6 Å². The Hall–Kier alpha value is -3.34. The molecule has 134 valence electrons. The third kappa shape index (κ3) is 2.31. The summed E-state index contributed by atoms with van der Waals surface area (Å²) in [4.78, 5) is 7.08. The lowest BCUT2D eigenvalue weighted by molar-refractivity contribution is 0.370. The van der Waals surface area contributed by atoms with Gasteiger partial charge in [-0.2, -0.15) is 0 Å². The standard InChI is InChI=1S/C22H18FN3O/c1-27-19-8-3-2-7-14(19)20-17(23)10-9-15-21(24)16-11-26(13-5-4-6-13)12-18(16)25-22(15)20/h2-10H,11-12H2,1H3,(H2,24,25). The van der Waals surface area contributed by atoms with Gasteiger partial charge in [0.2, 0.25) is 0 Å². The molecule has 2 aliphatic rings. The minimum absolute atomic E-state index is 0.335. The number of nitrogens with two attached hydrogens (primary N) is 1. The summed E-state index contributed by atoms with van der Waals surface area (Å²) in [5.74, 6) is 0.273. The van der Waals surface area contributed by atoms with E-state index in [2.05, 4.69) is 17.1 Å². The minimum Gasteiger partial charge on any atom is -0.496 e. The van der Waals surface area contributed by atoms with E-state index >= 15 is 0 Å². The van der Waals surface area contributed by atoms with Crippen molar-refractivity contribution >= 4 is 16.6 Å². The number of aromatic nitrogens is 1. The van der Waals surface area contributed by atoms with Crippen molar-refractivity contribution in [2.75, 3.05) is 12.8 Å². The molecule has 0 bridgehead atoms. The van der Waals surface area contributed by atoms with Crippen LogP contribution in [0.15, 0.2) is 60.3 Å². The summed E-state index contributed by atoms with van der Waals surface area (Å²) in [6.45, 7) is 1.40. The molecule has 0 amide bonds. The zero-order valence-corrected chi connectivity index (χ0v) is 14.9. The molecule has 1 aliphatic carbocycles. The van der Waals surface area contributed by atoms with Crippen LogP contribution in [0.2, 0.25) is 0 Å². The maximum atomic E-state index is 14.9. The first-order valence-electron chi connectivity index (χ1n) is 8.83. The summed E-state index contributed by atoms with van der Waals surface area (Å²) < 4.78 is 20.4. The number of allylic oxidation sites excluding steroid dienone is 3. The van der Waals surface area contributed by atoms with Gasteiger partial charge in [0.25, 0.3) is 0 Å². The summed E-state index contributed by atoms with van der Waals surface area (Å²) in [7, 11) is 1.58. The molecule has 1 aromatic heterocycles. The fraction of sp³-hybridized carbons (Fsp3) is 0.136. The molecule has 0 atom stereocenters. The van der Waals surface area contributed by atoms with Crippen LogP contribution < -0.4 is 10.5 Å². The number of hydrogen-bond acceptors (Lipinski definition) is 4. The predicted molar refractivity (Wildman–Crippen MR) is 105 cm³/mol. The van der Waals surface area contributed by atoms with Crippen molar-refractivity contribution < 1.29 is 9.13 Å². The van der Waals surface area contributed by atoms with Crippen molar-refractivity contribution in [3.63, 3.8) is 0 Å². The van der Waals surface area contributed by atoms with E-state index in [0.717, 1.165) is 23.2 Å². The molecule has 5 rings (SSSR count). The fourth-order valence-corrected chi connectivity index (χ4v) is 3.84. The van der Waals surface area contributed by atoms with Crippen molar-refractivity contribution in [2.45, 2.75) is 13.1 Å². The van der Waals surface area contributed by atoms with Gasteiger partial charge in [0, 0.05) is 40.0 Å². The summed E-state index contributed by atoms with van der Waals surface area (Å²) in [6, 6.07) is 10.6. The lowest BCUT2D eigenvalue weighted by atomic mass is 9.98. The van der Waals surface area contributed by atoms with Gasteiger partial charge in [-0.3, -0.25) is 0 Å². The second-order valence-electron chi connectivity index (χ2n) is 6.78. The van der Waals surface area contributed by atoms with Gasteiger partial charge in [-0.15, -0.1) is 0 Å². The monoisotopic (exact) mass is 359 g/mol. The van der Waals surface area contributed by atoms with Crippen LogP contribution in [0.25, 0.3) is 22.0 Å². The zero-order chi connectivity index (χ0) is 18.5. The van der Waals surface area contributed by atoms with Gasteiger partial charge >= 0.3 is 0 Å². The normalized spacial score (nSPS) is 14.9. The third-order valence-electron chi connectivity index (χ3n) is 5.30. The maximum Gasteiger partial charge on any atom is 0.133 e. The highest BCUT2D eigenvalue weighted by Crippen LogP contribution is 2.41. The summed E-state index contributed by atoms with van der Waals surface area (Å²) in [6.07, 6.45) is 6.16. The topological polar surface area (TPSA) is 51.4 Å². The zero-order valence-electron chi connectivity index (χ0n) is 14.9. The van der Waals surface area contributed by atoms with Crippen LogP contribution in [0.5, 0.6) is 5.75 Å². The highest BCUT2D eigenvalue weighted by Gasteiger charge is 2.27. The van der Waals surface area contributed by atoms with Crippen LogP contribution >= 0.6 is 0 Å². The molecule has 4 nitrogen and oxygen atoms in total. The highest BCUT2D eigenvalue weighted by atomic mass is 19.1. The Balaban J connectivity index is 1.74. The lowest BCUT2D eigenvalue weighted by Gasteiger charge is -2.21. The number of nitrogens with zero attached hydrogens (tertiary/aromatic N) is 2. The van der Waals surface area contributed by atoms with Crippen LogP contribution in [-0.2, 0) is 13.1 Å². The molecule has 3 aromatic rings. The Morgan fingerprint density at radius 3 is 2.70 bits per heavy atom. The molecule has 0 fully saturated rings. The second-order valence-corrected chi connectivity index (χ2v) is 6.78. The molecule has 0 saturated heterocycles. The van der Waals surface area contributed by atoms with Crippen molar-refractivity contribution in [3.05, 3.63) is 77.4 Å². The highest BCUT2D eigenvalue weighted by molar-refractivity contribution is 6.02. The molecular weight excluding hydrogens is 341 g/mol. The van der Waals surface area contributed by atoms with Crippen molar-refractivity contribution in [1.29, 1.82) is 0 Å². The summed E-state index contributed by atoms with van der Waals surface area (Å²) >= 11 is 0. The van der Waals surface area contributed by atoms with Gasteiger partial charge < -0.3 is 15.4 Å². The Morgan fingerprint density at radius 1 is 1.15 bits per heavy atom. The Kier molecular flexibility index (Phi) is 3.44. The van der Waals surface area contributed by atoms with Gasteiger partial charge in [0.15, 0.2) is 0 Å². The Morgan fingerprint density at radius 2 is 1.96 bits per heavy atom. The van der Waals surface area contributed by atoms with E-state index in [1.165, 1.54) is 11.8 Å². The molecule has 0 radical (unpaired) electrons. The molecule has 0 unspecified atom stereocenters. The minimum atomic E-state index is -0.335. The number of halogens is 1. The molecule has 0 saturated carbocycles. The summed E-state index contributed by atoms with van der Waals surface area (Å²) in [5.41, 5.74) is 12.0. The van der Waals surface area contributed by atoms with Gasteiger partial charge in [-0.25, -0.2) is 9.37 Å². The number of methoxy groups -OCH3 is 1. The molecule has 5 heteroatoms. The molecule has 1 aliphatic heterocycles. The molecule has 2 N–H and O–H groups in total. The average molecular weight is 359 g/mol. The number of pyridine rings is 1. The number of anilines is 1. The number of rotatable bonds is 3. The van der Waals surface area contributed by atoms with Crippen LogP contribution in [0.3, 0.4) is 0 Å². The van der Waals surface area contributed by atoms with Crippen molar-refractivity contribution in [3.8, 4) is 16.9 Å². The summed E-state index contributed by atoms with van der Waals surface area (Å²) in [5, 5.41) is 0.774. The predicted octanol–water partition coefficient (Wildman–Crippen LogP) is 4.40. The number of fused-ring (bicyclic) bond motifs is 2. The largest absolute Gasteiger partial charge is 0.496 e. The first-order chi connectivity index (χ1) is 13.2. The Labute approximate surface area is 156 Å².